The van der Waals surface area contributed by atoms with Crippen molar-refractivity contribution in [3.05, 3.63) is 57.0 Å². The van der Waals surface area contributed by atoms with Gasteiger partial charge in [-0.1, -0.05) is 46.9 Å². The summed E-state index contributed by atoms with van der Waals surface area (Å²) < 4.78 is 0. The summed E-state index contributed by atoms with van der Waals surface area (Å²) in [6.07, 6.45) is 0. The van der Waals surface area contributed by atoms with Gasteiger partial charge in [-0.2, -0.15) is 0 Å². The van der Waals surface area contributed by atoms with Crippen molar-refractivity contribution in [2.75, 3.05) is 5.73 Å². The molecule has 0 radical (unpaired) electrons. The third-order valence-electron chi connectivity index (χ3n) is 2.36. The Bertz CT molecular complexity index is 552. The average molecular weight is 319 g/mol. The van der Waals surface area contributed by atoms with Crippen LogP contribution in [0.5, 0.6) is 0 Å². The summed E-state index contributed by atoms with van der Waals surface area (Å²) >= 11 is 19.5. The van der Waals surface area contributed by atoms with Crippen molar-refractivity contribution in [3.63, 3.8) is 0 Å². The smallest absolute Gasteiger partial charge is 0.0595 e. The summed E-state index contributed by atoms with van der Waals surface area (Å²) in [5, 5.41) is 1.78. The molecule has 0 unspecified atom stereocenters. The molecule has 0 bridgehead atoms. The van der Waals surface area contributed by atoms with Crippen molar-refractivity contribution in [1.82, 2.24) is 0 Å². The molecule has 0 fully saturated rings. The second-order valence-corrected chi connectivity index (χ2v) is 5.90. The summed E-state index contributed by atoms with van der Waals surface area (Å²) in [5.74, 6) is 0.741. The number of hydrogen-bond acceptors (Lipinski definition) is 2. The monoisotopic (exact) mass is 317 g/mol. The summed E-state index contributed by atoms with van der Waals surface area (Å²) in [6, 6.07) is 11.1. The quantitative estimate of drug-likeness (QED) is 0.595. The van der Waals surface area contributed by atoms with Gasteiger partial charge in [-0.05, 0) is 29.8 Å². The van der Waals surface area contributed by atoms with Crippen LogP contribution < -0.4 is 5.73 Å². The molecule has 2 aromatic rings. The van der Waals surface area contributed by atoms with E-state index < -0.39 is 0 Å². The molecule has 0 aliphatic carbocycles. The van der Waals surface area contributed by atoms with Gasteiger partial charge < -0.3 is 5.73 Å². The molecular formula is C13H10Cl3NS. The van der Waals surface area contributed by atoms with Crippen LogP contribution in [0.2, 0.25) is 15.1 Å². The normalized spacial score (nSPS) is 10.6. The van der Waals surface area contributed by atoms with Crippen molar-refractivity contribution in [1.29, 1.82) is 0 Å². The molecule has 0 amide bonds. The number of anilines is 1. The van der Waals surface area contributed by atoms with Crippen molar-refractivity contribution < 1.29 is 0 Å². The predicted octanol–water partition coefficient (Wildman–Crippen LogP) is 5.52. The SMILES string of the molecule is Nc1cccc(Cl)c1SCc1ccc(Cl)c(Cl)c1. The van der Waals surface area contributed by atoms with Crippen LogP contribution in [0.25, 0.3) is 0 Å². The molecule has 0 aromatic heterocycles. The van der Waals surface area contributed by atoms with E-state index in [0.717, 1.165) is 16.2 Å². The minimum atomic E-state index is 0.557. The first kappa shape index (κ1) is 13.9. The second kappa shape index (κ2) is 6.07. The zero-order valence-electron chi connectivity index (χ0n) is 9.29. The highest BCUT2D eigenvalue weighted by molar-refractivity contribution is 7.98. The third-order valence-corrected chi connectivity index (χ3v) is 4.75. The molecule has 1 nitrogen and oxygen atoms in total. The Balaban J connectivity index is 2.14. The molecule has 0 aliphatic rings. The minimum absolute atomic E-state index is 0.557. The minimum Gasteiger partial charge on any atom is -0.398 e. The maximum Gasteiger partial charge on any atom is 0.0595 e. The van der Waals surface area contributed by atoms with E-state index in [0.29, 0.717) is 20.8 Å². The standard InChI is InChI=1S/C13H10Cl3NS/c14-9-5-4-8(6-11(9)16)7-18-13-10(15)2-1-3-12(13)17/h1-6H,7,17H2. The van der Waals surface area contributed by atoms with Crippen molar-refractivity contribution in [2.45, 2.75) is 10.6 Å². The molecule has 0 atom stereocenters. The first-order valence-electron chi connectivity index (χ1n) is 5.18. The molecule has 0 saturated carbocycles. The number of benzene rings is 2. The molecular weight excluding hydrogens is 309 g/mol. The number of nitrogen functional groups attached to an aromatic ring is 1. The van der Waals surface area contributed by atoms with E-state index in [-0.39, 0.29) is 0 Å². The summed E-state index contributed by atoms with van der Waals surface area (Å²) in [6.45, 7) is 0. The Morgan fingerprint density at radius 3 is 2.39 bits per heavy atom. The van der Waals surface area contributed by atoms with Crippen LogP contribution in [0.15, 0.2) is 41.3 Å². The molecule has 94 valence electrons. The van der Waals surface area contributed by atoms with E-state index in [9.17, 15) is 0 Å². The molecule has 2 N–H and O–H groups in total. The van der Waals surface area contributed by atoms with Crippen LogP contribution in [0, 0.1) is 0 Å². The van der Waals surface area contributed by atoms with Gasteiger partial charge in [0, 0.05) is 16.3 Å². The average Bonchev–Trinajstić information content (AvgIpc) is 2.33. The molecule has 2 aromatic carbocycles. The Morgan fingerprint density at radius 1 is 0.944 bits per heavy atom. The summed E-state index contributed by atoms with van der Waals surface area (Å²) in [4.78, 5) is 0.894. The van der Waals surface area contributed by atoms with Gasteiger partial charge in [0.2, 0.25) is 0 Å². The van der Waals surface area contributed by atoms with E-state index in [2.05, 4.69) is 0 Å². The van der Waals surface area contributed by atoms with Crippen LogP contribution in [0.3, 0.4) is 0 Å². The molecule has 18 heavy (non-hydrogen) atoms. The number of nitrogens with two attached hydrogens (primary N) is 1. The third kappa shape index (κ3) is 3.27. The Labute approximate surface area is 125 Å². The lowest BCUT2D eigenvalue weighted by Gasteiger charge is -2.08. The first-order chi connectivity index (χ1) is 8.58. The van der Waals surface area contributed by atoms with E-state index in [1.807, 2.05) is 30.3 Å². The van der Waals surface area contributed by atoms with Gasteiger partial charge in [0.25, 0.3) is 0 Å². The fourth-order valence-electron chi connectivity index (χ4n) is 1.46. The highest BCUT2D eigenvalue weighted by atomic mass is 35.5. The largest absolute Gasteiger partial charge is 0.398 e. The lowest BCUT2D eigenvalue weighted by Crippen LogP contribution is -1.89. The number of halogens is 3. The van der Waals surface area contributed by atoms with Crippen LogP contribution in [0.1, 0.15) is 5.56 Å². The summed E-state index contributed by atoms with van der Waals surface area (Å²) in [7, 11) is 0. The van der Waals surface area contributed by atoms with Crippen LogP contribution >= 0.6 is 46.6 Å². The highest BCUT2D eigenvalue weighted by Gasteiger charge is 2.06. The Hall–Kier alpha value is -0.540. The predicted molar refractivity (Wildman–Crippen MR) is 81.9 cm³/mol. The zero-order valence-corrected chi connectivity index (χ0v) is 12.4. The maximum absolute atomic E-state index is 6.10. The number of rotatable bonds is 3. The van der Waals surface area contributed by atoms with Crippen molar-refractivity contribution >= 4 is 52.3 Å². The van der Waals surface area contributed by atoms with E-state index in [1.165, 1.54) is 0 Å². The van der Waals surface area contributed by atoms with Gasteiger partial charge in [-0.15, -0.1) is 11.8 Å². The molecule has 5 heteroatoms. The Morgan fingerprint density at radius 2 is 1.72 bits per heavy atom. The van der Waals surface area contributed by atoms with Gasteiger partial charge in [0.1, 0.15) is 0 Å². The van der Waals surface area contributed by atoms with Crippen LogP contribution in [0.4, 0.5) is 5.69 Å². The van der Waals surface area contributed by atoms with Gasteiger partial charge >= 0.3 is 0 Å². The first-order valence-corrected chi connectivity index (χ1v) is 7.30. The van der Waals surface area contributed by atoms with Crippen molar-refractivity contribution in [2.24, 2.45) is 0 Å². The lowest BCUT2D eigenvalue weighted by atomic mass is 10.2. The zero-order chi connectivity index (χ0) is 13.1. The molecule has 0 aliphatic heterocycles. The van der Waals surface area contributed by atoms with Crippen LogP contribution in [-0.4, -0.2) is 0 Å². The van der Waals surface area contributed by atoms with Gasteiger partial charge in [-0.3, -0.25) is 0 Å². The Kier molecular flexibility index (Phi) is 4.68. The number of hydrogen-bond donors (Lipinski definition) is 1. The highest BCUT2D eigenvalue weighted by Crippen LogP contribution is 2.35. The fourth-order valence-corrected chi connectivity index (χ4v) is 3.06. The van der Waals surface area contributed by atoms with Gasteiger partial charge in [-0.25, -0.2) is 0 Å². The van der Waals surface area contributed by atoms with E-state index >= 15 is 0 Å². The van der Waals surface area contributed by atoms with Crippen molar-refractivity contribution in [3.8, 4) is 0 Å². The van der Waals surface area contributed by atoms with Gasteiger partial charge in [0.05, 0.1) is 15.1 Å². The number of thioether (sulfide) groups is 1. The molecule has 2 rings (SSSR count). The summed E-state index contributed by atoms with van der Waals surface area (Å²) in [5.41, 5.74) is 7.65. The topological polar surface area (TPSA) is 26.0 Å². The van der Waals surface area contributed by atoms with Crippen LogP contribution in [-0.2, 0) is 5.75 Å². The van der Waals surface area contributed by atoms with Gasteiger partial charge in [0.15, 0.2) is 0 Å². The fraction of sp³-hybridized carbons (Fsp3) is 0.0769. The maximum atomic E-state index is 6.10. The lowest BCUT2D eigenvalue weighted by molar-refractivity contribution is 1.38. The van der Waals surface area contributed by atoms with E-state index in [1.54, 1.807) is 17.8 Å². The second-order valence-electron chi connectivity index (χ2n) is 3.70. The van der Waals surface area contributed by atoms with E-state index in [4.69, 9.17) is 40.5 Å². The molecule has 0 heterocycles. The molecule has 0 saturated heterocycles. The molecule has 0 spiro atoms.